The zero-order valence-electron chi connectivity index (χ0n) is 17.5. The number of alkyl halides is 3. The number of hydrogen-bond donors (Lipinski definition) is 0. The summed E-state index contributed by atoms with van der Waals surface area (Å²) in [6, 6.07) is 12.9. The number of nitrogens with zero attached hydrogens (tertiary/aromatic N) is 2. The molecule has 0 radical (unpaired) electrons. The first kappa shape index (κ1) is 24.2. The Hall–Kier alpha value is -3.40. The fraction of sp³-hybridized carbons (Fsp3) is 0.174. The summed E-state index contributed by atoms with van der Waals surface area (Å²) in [5.41, 5.74) is 0.544. The molecule has 0 N–H and O–H groups in total. The molecule has 0 atom stereocenters. The molecule has 172 valence electrons. The van der Waals surface area contributed by atoms with Crippen molar-refractivity contribution in [3.8, 4) is 17.2 Å². The molecule has 10 heteroatoms. The smallest absolute Gasteiger partial charge is 0.416 e. The van der Waals surface area contributed by atoms with Crippen LogP contribution in [-0.2, 0) is 6.18 Å². The normalized spacial score (nSPS) is 11.6. The van der Waals surface area contributed by atoms with Crippen molar-refractivity contribution in [3.63, 3.8) is 0 Å². The van der Waals surface area contributed by atoms with Gasteiger partial charge in [-0.05, 0) is 71.7 Å². The zero-order chi connectivity index (χ0) is 24.2. The first-order valence-corrected chi connectivity index (χ1v) is 10.5. The lowest BCUT2D eigenvalue weighted by atomic mass is 10.1. The second kappa shape index (κ2) is 10.0. The molecular weight excluding hydrogens is 505 g/mol. The van der Waals surface area contributed by atoms with Crippen LogP contribution >= 0.6 is 15.9 Å². The number of benzene rings is 3. The molecule has 0 aromatic heterocycles. The molecule has 0 saturated heterocycles. The van der Waals surface area contributed by atoms with Crippen molar-refractivity contribution in [1.29, 1.82) is 0 Å². The van der Waals surface area contributed by atoms with Gasteiger partial charge in [-0.25, -0.2) is 0 Å². The van der Waals surface area contributed by atoms with E-state index in [-0.39, 0.29) is 23.9 Å². The highest BCUT2D eigenvalue weighted by molar-refractivity contribution is 9.10. The second-order valence-electron chi connectivity index (χ2n) is 6.90. The van der Waals surface area contributed by atoms with Crippen LogP contribution in [-0.4, -0.2) is 17.7 Å². The molecule has 0 unspecified atom stereocenters. The van der Waals surface area contributed by atoms with E-state index in [1.807, 2.05) is 31.2 Å². The Labute approximate surface area is 196 Å². The molecule has 0 saturated carbocycles. The van der Waals surface area contributed by atoms with E-state index in [0.717, 1.165) is 23.4 Å². The molecule has 3 aromatic carbocycles. The van der Waals surface area contributed by atoms with Crippen LogP contribution in [0.2, 0.25) is 0 Å². The van der Waals surface area contributed by atoms with E-state index in [2.05, 4.69) is 20.9 Å². The van der Waals surface area contributed by atoms with Crippen molar-refractivity contribution < 1.29 is 27.6 Å². The maximum Gasteiger partial charge on any atom is 0.416 e. The molecule has 0 aliphatic carbocycles. The van der Waals surface area contributed by atoms with Crippen LogP contribution in [0.3, 0.4) is 0 Å². The lowest BCUT2D eigenvalue weighted by molar-refractivity contribution is -0.385. The highest BCUT2D eigenvalue weighted by Gasteiger charge is 2.33. The van der Waals surface area contributed by atoms with E-state index < -0.39 is 22.4 Å². The van der Waals surface area contributed by atoms with E-state index in [4.69, 9.17) is 9.47 Å². The van der Waals surface area contributed by atoms with Gasteiger partial charge in [0.1, 0.15) is 0 Å². The largest absolute Gasteiger partial charge is 0.490 e. The highest BCUT2D eigenvalue weighted by atomic mass is 79.9. The number of aliphatic imine (C=N–C) groups is 1. The Morgan fingerprint density at radius 1 is 1.09 bits per heavy atom. The van der Waals surface area contributed by atoms with Crippen LogP contribution < -0.4 is 9.47 Å². The predicted octanol–water partition coefficient (Wildman–Crippen LogP) is 7.63. The first-order valence-electron chi connectivity index (χ1n) is 9.69. The summed E-state index contributed by atoms with van der Waals surface area (Å²) < 4.78 is 50.6. The van der Waals surface area contributed by atoms with Gasteiger partial charge >= 0.3 is 11.9 Å². The summed E-state index contributed by atoms with van der Waals surface area (Å²) in [5, 5.41) is 11.4. The van der Waals surface area contributed by atoms with Crippen molar-refractivity contribution in [2.75, 3.05) is 6.61 Å². The Kier molecular flexibility index (Phi) is 7.37. The molecule has 0 spiro atoms. The predicted molar refractivity (Wildman–Crippen MR) is 122 cm³/mol. The van der Waals surface area contributed by atoms with Crippen LogP contribution in [0.25, 0.3) is 0 Å². The lowest BCUT2D eigenvalue weighted by Crippen LogP contribution is -2.06. The third-order valence-electron chi connectivity index (χ3n) is 4.42. The molecule has 0 bridgehead atoms. The molecule has 0 aliphatic heterocycles. The molecule has 0 aliphatic rings. The number of halogens is 4. The van der Waals surface area contributed by atoms with Gasteiger partial charge in [0.25, 0.3) is 0 Å². The molecule has 6 nitrogen and oxygen atoms in total. The van der Waals surface area contributed by atoms with Crippen LogP contribution in [0, 0.1) is 17.0 Å². The van der Waals surface area contributed by atoms with Gasteiger partial charge in [-0.1, -0.05) is 17.7 Å². The van der Waals surface area contributed by atoms with Crippen LogP contribution in [0.15, 0.2) is 64.1 Å². The SMILES string of the molecule is CCOc1cc(C=Nc2ccc(C)cc2)cc(Br)c1Oc1ccc(C(F)(F)F)cc1[N+](=O)[O-]. The monoisotopic (exact) mass is 522 g/mol. The molecule has 0 heterocycles. The van der Waals surface area contributed by atoms with Gasteiger partial charge in [-0.3, -0.25) is 15.1 Å². The average molecular weight is 523 g/mol. The summed E-state index contributed by atoms with van der Waals surface area (Å²) in [6.07, 6.45) is -3.11. The van der Waals surface area contributed by atoms with Crippen molar-refractivity contribution in [3.05, 3.63) is 85.9 Å². The Morgan fingerprint density at radius 2 is 1.79 bits per heavy atom. The number of ether oxygens (including phenoxy) is 2. The first-order chi connectivity index (χ1) is 15.6. The molecule has 3 rings (SSSR count). The van der Waals surface area contributed by atoms with Crippen molar-refractivity contribution in [1.82, 2.24) is 0 Å². The molecule has 3 aromatic rings. The molecule has 33 heavy (non-hydrogen) atoms. The van der Waals surface area contributed by atoms with E-state index >= 15 is 0 Å². The number of nitro benzene ring substituents is 1. The Bertz CT molecular complexity index is 1200. The third kappa shape index (κ3) is 6.10. The highest BCUT2D eigenvalue weighted by Crippen LogP contribution is 2.43. The molecular formula is C23H18BrF3N2O4. The minimum Gasteiger partial charge on any atom is -0.490 e. The molecule has 0 amide bonds. The Morgan fingerprint density at radius 3 is 2.39 bits per heavy atom. The maximum atomic E-state index is 13.0. The van der Waals surface area contributed by atoms with Gasteiger partial charge in [0.15, 0.2) is 11.5 Å². The van der Waals surface area contributed by atoms with Crippen molar-refractivity contribution in [2.24, 2.45) is 4.99 Å². The fourth-order valence-electron chi connectivity index (χ4n) is 2.84. The van der Waals surface area contributed by atoms with Gasteiger partial charge in [0, 0.05) is 12.3 Å². The quantitative estimate of drug-likeness (QED) is 0.181. The fourth-order valence-corrected chi connectivity index (χ4v) is 3.38. The van der Waals surface area contributed by atoms with Gasteiger partial charge in [-0.2, -0.15) is 13.2 Å². The van der Waals surface area contributed by atoms with Gasteiger partial charge in [-0.15, -0.1) is 0 Å². The summed E-state index contributed by atoms with van der Waals surface area (Å²) in [6.45, 7) is 3.97. The molecule has 0 fully saturated rings. The van der Waals surface area contributed by atoms with E-state index in [1.165, 1.54) is 0 Å². The maximum absolute atomic E-state index is 13.0. The van der Waals surface area contributed by atoms with Crippen molar-refractivity contribution >= 4 is 33.5 Å². The van der Waals surface area contributed by atoms with Crippen molar-refractivity contribution in [2.45, 2.75) is 20.0 Å². The summed E-state index contributed by atoms with van der Waals surface area (Å²) in [7, 11) is 0. The number of nitro groups is 1. The van der Waals surface area contributed by atoms with Gasteiger partial charge in [0.05, 0.1) is 27.3 Å². The van der Waals surface area contributed by atoms with Crippen LogP contribution in [0.4, 0.5) is 24.5 Å². The number of rotatable bonds is 7. The minimum absolute atomic E-state index is 0.0900. The van der Waals surface area contributed by atoms with Crippen LogP contribution in [0.5, 0.6) is 17.2 Å². The van der Waals surface area contributed by atoms with Gasteiger partial charge < -0.3 is 9.47 Å². The second-order valence-corrected chi connectivity index (χ2v) is 7.75. The average Bonchev–Trinajstić information content (AvgIpc) is 2.75. The van der Waals surface area contributed by atoms with Crippen LogP contribution in [0.1, 0.15) is 23.6 Å². The Balaban J connectivity index is 1.98. The van der Waals surface area contributed by atoms with Gasteiger partial charge in [0.2, 0.25) is 5.75 Å². The van der Waals surface area contributed by atoms with E-state index in [9.17, 15) is 23.3 Å². The zero-order valence-corrected chi connectivity index (χ0v) is 19.1. The summed E-state index contributed by atoms with van der Waals surface area (Å²) in [4.78, 5) is 14.9. The van der Waals surface area contributed by atoms with E-state index in [1.54, 1.807) is 25.3 Å². The standard InChI is InChI=1S/C23H18BrF3N2O4/c1-3-32-21-11-15(13-28-17-7-4-14(2)5-8-17)10-18(24)22(21)33-20-9-6-16(23(25,26)27)12-19(20)29(30)31/h4-13H,3H2,1-2H3. The minimum atomic E-state index is -4.72. The topological polar surface area (TPSA) is 74.0 Å². The number of aryl methyl sites for hydroxylation is 1. The van der Waals surface area contributed by atoms with E-state index in [0.29, 0.717) is 16.1 Å². The number of hydrogen-bond acceptors (Lipinski definition) is 5. The summed E-state index contributed by atoms with van der Waals surface area (Å²) >= 11 is 3.35. The summed E-state index contributed by atoms with van der Waals surface area (Å²) in [5.74, 6) is -0.0191. The lowest BCUT2D eigenvalue weighted by Gasteiger charge is -2.15. The third-order valence-corrected chi connectivity index (χ3v) is 5.01.